The first kappa shape index (κ1) is 23.5. The van der Waals surface area contributed by atoms with Gasteiger partial charge in [-0.05, 0) is 30.7 Å². The van der Waals surface area contributed by atoms with Gasteiger partial charge in [0, 0.05) is 37.9 Å². The smallest absolute Gasteiger partial charge is 0.355 e. The normalized spacial score (nSPS) is 14.5. The van der Waals surface area contributed by atoms with Gasteiger partial charge in [-0.3, -0.25) is 4.79 Å². The Bertz CT molecular complexity index is 1270. The molecule has 0 atom stereocenters. The average Bonchev–Trinajstić information content (AvgIpc) is 3.20. The van der Waals surface area contributed by atoms with Crippen LogP contribution in [-0.2, 0) is 6.18 Å². The van der Waals surface area contributed by atoms with E-state index in [9.17, 15) is 18.0 Å². The Morgan fingerprint density at radius 3 is 2.22 bits per heavy atom. The third kappa shape index (κ3) is 4.93. The number of hydrogen-bond acceptors (Lipinski definition) is 5. The summed E-state index contributed by atoms with van der Waals surface area (Å²) in [5.41, 5.74) is 0.841. The number of rotatable bonds is 4. The van der Waals surface area contributed by atoms with Gasteiger partial charge in [0.15, 0.2) is 5.82 Å². The van der Waals surface area contributed by atoms with Crippen LogP contribution in [0, 0.1) is 0 Å². The molecule has 0 bridgehead atoms. The molecule has 10 heteroatoms. The van der Waals surface area contributed by atoms with E-state index in [1.807, 2.05) is 65.6 Å². The molecule has 5 rings (SSSR count). The van der Waals surface area contributed by atoms with E-state index in [1.54, 1.807) is 9.58 Å². The van der Waals surface area contributed by atoms with E-state index >= 15 is 0 Å². The van der Waals surface area contributed by atoms with Crippen LogP contribution in [0.5, 0.6) is 0 Å². The molecule has 1 aliphatic rings. The van der Waals surface area contributed by atoms with Crippen molar-refractivity contribution in [3.05, 3.63) is 90.4 Å². The minimum Gasteiger partial charge on any atom is -0.355 e. The summed E-state index contributed by atoms with van der Waals surface area (Å²) >= 11 is 0. The number of halogens is 3. The van der Waals surface area contributed by atoms with Crippen molar-refractivity contribution < 1.29 is 18.0 Å². The van der Waals surface area contributed by atoms with Gasteiger partial charge in [0.25, 0.3) is 5.91 Å². The highest BCUT2D eigenvalue weighted by atomic mass is 19.4. The summed E-state index contributed by atoms with van der Waals surface area (Å²) in [6.07, 6.45) is -2.95. The number of amides is 1. The van der Waals surface area contributed by atoms with E-state index in [0.29, 0.717) is 44.2 Å². The number of carbonyl (C=O) groups excluding carboxylic acids is 1. The number of carbonyl (C=O) groups is 1. The quantitative estimate of drug-likeness (QED) is 0.413. The first-order valence-corrected chi connectivity index (χ1v) is 11.6. The molecule has 7 nitrogen and oxygen atoms in total. The summed E-state index contributed by atoms with van der Waals surface area (Å²) in [5, 5.41) is 4.55. The number of benzene rings is 2. The predicted molar refractivity (Wildman–Crippen MR) is 129 cm³/mol. The molecule has 4 aromatic rings. The molecule has 0 unspecified atom stereocenters. The molecule has 0 aliphatic carbocycles. The number of hydrogen-bond donors (Lipinski definition) is 0. The van der Waals surface area contributed by atoms with Gasteiger partial charge >= 0.3 is 6.18 Å². The topological polar surface area (TPSA) is 67.2 Å². The molecule has 0 N–H and O–H groups in total. The van der Waals surface area contributed by atoms with Crippen LogP contribution >= 0.6 is 0 Å². The molecule has 36 heavy (non-hydrogen) atoms. The van der Waals surface area contributed by atoms with Gasteiger partial charge in [0.05, 0.1) is 11.3 Å². The van der Waals surface area contributed by atoms with Crippen molar-refractivity contribution in [2.45, 2.75) is 12.6 Å². The number of aromatic nitrogens is 4. The molecule has 1 fully saturated rings. The Morgan fingerprint density at radius 1 is 0.833 bits per heavy atom. The maximum absolute atomic E-state index is 13.4. The predicted octanol–water partition coefficient (Wildman–Crippen LogP) is 4.70. The van der Waals surface area contributed by atoms with Crippen LogP contribution in [0.4, 0.5) is 19.0 Å². The molecule has 3 heterocycles. The monoisotopic (exact) mass is 492 g/mol. The highest BCUT2D eigenvalue weighted by Gasteiger charge is 2.31. The maximum atomic E-state index is 13.4. The van der Waals surface area contributed by atoms with Crippen LogP contribution in [0.2, 0.25) is 0 Å². The molecule has 0 spiro atoms. The third-order valence-corrected chi connectivity index (χ3v) is 6.01. The second-order valence-electron chi connectivity index (χ2n) is 8.41. The summed E-state index contributed by atoms with van der Waals surface area (Å²) < 4.78 is 40.3. The summed E-state index contributed by atoms with van der Waals surface area (Å²) in [4.78, 5) is 25.6. The number of pyridine rings is 1. The Morgan fingerprint density at radius 2 is 1.56 bits per heavy atom. The summed E-state index contributed by atoms with van der Waals surface area (Å²) in [5.74, 6) is 0.827. The fourth-order valence-corrected chi connectivity index (χ4v) is 4.16. The van der Waals surface area contributed by atoms with Gasteiger partial charge in [-0.2, -0.15) is 13.2 Å². The van der Waals surface area contributed by atoms with Gasteiger partial charge in [-0.15, -0.1) is 5.10 Å². The average molecular weight is 493 g/mol. The second kappa shape index (κ2) is 9.80. The summed E-state index contributed by atoms with van der Waals surface area (Å²) in [6.45, 7) is 1.87. The molecule has 1 amide bonds. The minimum atomic E-state index is -4.43. The molecule has 1 saturated heterocycles. The van der Waals surface area contributed by atoms with Crippen molar-refractivity contribution in [3.8, 4) is 17.1 Å². The molecule has 184 valence electrons. The largest absolute Gasteiger partial charge is 0.417 e. The lowest BCUT2D eigenvalue weighted by atomic mass is 10.2. The Hall–Kier alpha value is -4.21. The van der Waals surface area contributed by atoms with E-state index in [4.69, 9.17) is 0 Å². The van der Waals surface area contributed by atoms with Crippen molar-refractivity contribution in [1.82, 2.24) is 24.6 Å². The van der Waals surface area contributed by atoms with Crippen LogP contribution in [0.1, 0.15) is 22.6 Å². The standard InChI is InChI=1S/C26H23F3N6O/c27-26(28,29)20-12-13-22(30-18-20)33-14-7-15-34(17-16-33)25(36)23-31-24(19-8-3-1-4-9-19)35(32-23)21-10-5-2-6-11-21/h1-6,8-13,18H,7,14-17H2. The van der Waals surface area contributed by atoms with Crippen LogP contribution < -0.4 is 4.90 Å². The fourth-order valence-electron chi connectivity index (χ4n) is 4.16. The van der Waals surface area contributed by atoms with Gasteiger partial charge < -0.3 is 9.80 Å². The molecular formula is C26H23F3N6O. The molecule has 2 aromatic heterocycles. The lowest BCUT2D eigenvalue weighted by molar-refractivity contribution is -0.137. The van der Waals surface area contributed by atoms with E-state index in [0.717, 1.165) is 23.5 Å². The van der Waals surface area contributed by atoms with Crippen molar-refractivity contribution in [2.75, 3.05) is 31.1 Å². The zero-order valence-corrected chi connectivity index (χ0v) is 19.3. The van der Waals surface area contributed by atoms with E-state index in [2.05, 4.69) is 15.1 Å². The SMILES string of the molecule is O=C(c1nc(-c2ccccc2)n(-c2ccccc2)n1)N1CCCN(c2ccc(C(F)(F)F)cn2)CC1. The fraction of sp³-hybridized carbons (Fsp3) is 0.231. The highest BCUT2D eigenvalue weighted by molar-refractivity contribution is 5.91. The third-order valence-electron chi connectivity index (χ3n) is 6.01. The Labute approximate surface area is 205 Å². The number of alkyl halides is 3. The molecule has 0 radical (unpaired) electrons. The molecular weight excluding hydrogens is 469 g/mol. The van der Waals surface area contributed by atoms with Crippen LogP contribution in [0.25, 0.3) is 17.1 Å². The zero-order valence-electron chi connectivity index (χ0n) is 19.3. The van der Waals surface area contributed by atoms with Crippen molar-refractivity contribution in [2.24, 2.45) is 0 Å². The molecule has 1 aliphatic heterocycles. The van der Waals surface area contributed by atoms with Gasteiger partial charge in [0.2, 0.25) is 5.82 Å². The minimum absolute atomic E-state index is 0.0961. The summed E-state index contributed by atoms with van der Waals surface area (Å²) in [7, 11) is 0. The van der Waals surface area contributed by atoms with Gasteiger partial charge in [0.1, 0.15) is 5.82 Å². The highest BCUT2D eigenvalue weighted by Crippen LogP contribution is 2.29. The first-order chi connectivity index (χ1) is 17.4. The molecule has 0 saturated carbocycles. The Kier molecular flexibility index (Phi) is 6.41. The number of para-hydroxylation sites is 1. The molecule has 2 aromatic carbocycles. The Balaban J connectivity index is 1.36. The van der Waals surface area contributed by atoms with E-state index in [1.165, 1.54) is 6.07 Å². The maximum Gasteiger partial charge on any atom is 0.417 e. The summed E-state index contributed by atoms with van der Waals surface area (Å²) in [6, 6.07) is 21.4. The number of anilines is 1. The van der Waals surface area contributed by atoms with Gasteiger partial charge in [-0.25, -0.2) is 14.6 Å². The first-order valence-electron chi connectivity index (χ1n) is 11.6. The van der Waals surface area contributed by atoms with Crippen molar-refractivity contribution in [3.63, 3.8) is 0 Å². The van der Waals surface area contributed by atoms with E-state index < -0.39 is 11.7 Å². The van der Waals surface area contributed by atoms with Crippen molar-refractivity contribution in [1.29, 1.82) is 0 Å². The van der Waals surface area contributed by atoms with Gasteiger partial charge in [-0.1, -0.05) is 48.5 Å². The lowest BCUT2D eigenvalue weighted by Crippen LogP contribution is -2.36. The zero-order chi connectivity index (χ0) is 25.1. The van der Waals surface area contributed by atoms with Crippen LogP contribution in [0.3, 0.4) is 0 Å². The second-order valence-corrected chi connectivity index (χ2v) is 8.41. The lowest BCUT2D eigenvalue weighted by Gasteiger charge is -2.22. The van der Waals surface area contributed by atoms with Crippen molar-refractivity contribution >= 4 is 11.7 Å². The van der Waals surface area contributed by atoms with Crippen LogP contribution in [0.15, 0.2) is 79.0 Å². The number of nitrogens with zero attached hydrogens (tertiary/aromatic N) is 6. The van der Waals surface area contributed by atoms with Crippen LogP contribution in [-0.4, -0.2) is 56.7 Å². The van der Waals surface area contributed by atoms with E-state index in [-0.39, 0.29) is 11.7 Å².